The Kier molecular flexibility index (Phi) is 3.96. The molecule has 0 aromatic carbocycles. The molecule has 18 heavy (non-hydrogen) atoms. The Morgan fingerprint density at radius 1 is 1.72 bits per heavy atom. The second-order valence-corrected chi connectivity index (χ2v) is 5.79. The maximum absolute atomic E-state index is 11.3. The predicted octanol–water partition coefficient (Wildman–Crippen LogP) is 0.357. The van der Waals surface area contributed by atoms with Crippen LogP contribution in [0.2, 0.25) is 0 Å². The van der Waals surface area contributed by atoms with Gasteiger partial charge in [0.25, 0.3) is 5.91 Å². The number of hydrogen-bond acceptors (Lipinski definition) is 6. The molecule has 1 aliphatic rings. The Balaban J connectivity index is 1.97. The molecule has 0 saturated carbocycles. The molecular formula is C11H18N4O2S. The van der Waals surface area contributed by atoms with Gasteiger partial charge in [0, 0.05) is 25.0 Å². The fourth-order valence-corrected chi connectivity index (χ4v) is 2.73. The Labute approximate surface area is 110 Å². The quantitative estimate of drug-likeness (QED) is 0.471. The molecule has 1 saturated heterocycles. The Morgan fingerprint density at radius 3 is 3.17 bits per heavy atom. The third-order valence-electron chi connectivity index (χ3n) is 2.77. The number of carbonyl (C=O) groups excluding carboxylic acids is 1. The Hall–Kier alpha value is -1.02. The minimum atomic E-state index is -0.339. The van der Waals surface area contributed by atoms with Crippen LogP contribution in [0.15, 0.2) is 5.38 Å². The van der Waals surface area contributed by atoms with Crippen molar-refractivity contribution in [2.75, 3.05) is 19.7 Å². The highest BCUT2D eigenvalue weighted by Crippen LogP contribution is 2.19. The maximum Gasteiger partial charge on any atom is 0.294 e. The number of hydrogen-bond donors (Lipinski definition) is 2. The van der Waals surface area contributed by atoms with Gasteiger partial charge in [0.15, 0.2) is 5.01 Å². The zero-order valence-electron chi connectivity index (χ0n) is 10.6. The summed E-state index contributed by atoms with van der Waals surface area (Å²) in [7, 11) is 0. The van der Waals surface area contributed by atoms with Gasteiger partial charge in [-0.1, -0.05) is 0 Å². The summed E-state index contributed by atoms with van der Waals surface area (Å²) >= 11 is 1.31. The molecule has 2 rings (SSSR count). The van der Waals surface area contributed by atoms with Gasteiger partial charge in [-0.2, -0.15) is 0 Å². The second-order valence-electron chi connectivity index (χ2n) is 4.94. The first-order valence-corrected chi connectivity index (χ1v) is 6.70. The molecule has 0 unspecified atom stereocenters. The number of aromatic nitrogens is 1. The summed E-state index contributed by atoms with van der Waals surface area (Å²) in [5.41, 5.74) is 2.87. The molecule has 100 valence electrons. The third-order valence-corrected chi connectivity index (χ3v) is 3.66. The van der Waals surface area contributed by atoms with Crippen molar-refractivity contribution >= 4 is 17.2 Å². The van der Waals surface area contributed by atoms with Gasteiger partial charge in [-0.15, -0.1) is 11.3 Å². The zero-order valence-corrected chi connectivity index (χ0v) is 11.4. The van der Waals surface area contributed by atoms with E-state index in [1.54, 1.807) is 0 Å². The topological polar surface area (TPSA) is 80.5 Å². The summed E-state index contributed by atoms with van der Waals surface area (Å²) in [6, 6.07) is 0. The van der Waals surface area contributed by atoms with Crippen LogP contribution in [0.25, 0.3) is 0 Å². The number of thiazole rings is 1. The number of nitrogens with zero attached hydrogens (tertiary/aromatic N) is 2. The third kappa shape index (κ3) is 3.26. The fourth-order valence-electron chi connectivity index (χ4n) is 2.02. The normalized spacial score (nSPS) is 19.7. The van der Waals surface area contributed by atoms with Crippen LogP contribution in [0.1, 0.15) is 29.3 Å². The van der Waals surface area contributed by atoms with Crippen molar-refractivity contribution in [3.05, 3.63) is 16.1 Å². The summed E-state index contributed by atoms with van der Waals surface area (Å²) in [6.45, 7) is 7.37. The van der Waals surface area contributed by atoms with E-state index >= 15 is 0 Å². The summed E-state index contributed by atoms with van der Waals surface area (Å²) < 4.78 is 5.65. The van der Waals surface area contributed by atoms with Gasteiger partial charge < -0.3 is 4.74 Å². The van der Waals surface area contributed by atoms with Crippen molar-refractivity contribution < 1.29 is 9.53 Å². The lowest BCUT2D eigenvalue weighted by atomic mass is 10.1. The number of hydrazine groups is 1. The minimum absolute atomic E-state index is 0.119. The molecule has 1 amide bonds. The zero-order chi connectivity index (χ0) is 13.2. The number of ether oxygens (including phenoxy) is 1. The SMILES string of the molecule is CC1(C)CN(Cc2csc(C(=O)NN)n2)CCO1. The number of nitrogens with one attached hydrogen (secondary N) is 1. The predicted molar refractivity (Wildman–Crippen MR) is 69.1 cm³/mol. The molecule has 2 heterocycles. The van der Waals surface area contributed by atoms with E-state index in [-0.39, 0.29) is 11.5 Å². The van der Waals surface area contributed by atoms with Crippen LogP contribution < -0.4 is 11.3 Å². The molecule has 0 atom stereocenters. The number of amides is 1. The highest BCUT2D eigenvalue weighted by molar-refractivity contribution is 7.11. The van der Waals surface area contributed by atoms with Gasteiger partial charge in [0.2, 0.25) is 0 Å². The van der Waals surface area contributed by atoms with Crippen LogP contribution in [0.3, 0.4) is 0 Å². The molecule has 1 aliphatic heterocycles. The van der Waals surface area contributed by atoms with Crippen molar-refractivity contribution in [1.29, 1.82) is 0 Å². The molecule has 0 radical (unpaired) electrons. The van der Waals surface area contributed by atoms with Crippen molar-refractivity contribution in [3.8, 4) is 0 Å². The minimum Gasteiger partial charge on any atom is -0.373 e. The first-order chi connectivity index (χ1) is 8.50. The second kappa shape index (κ2) is 5.31. The molecule has 1 aromatic heterocycles. The van der Waals surface area contributed by atoms with Gasteiger partial charge >= 0.3 is 0 Å². The van der Waals surface area contributed by atoms with E-state index in [0.29, 0.717) is 5.01 Å². The molecule has 6 nitrogen and oxygen atoms in total. The van der Waals surface area contributed by atoms with Crippen molar-refractivity contribution in [3.63, 3.8) is 0 Å². The molecule has 7 heteroatoms. The molecule has 0 aliphatic carbocycles. The van der Waals surface area contributed by atoms with Gasteiger partial charge in [-0.25, -0.2) is 10.8 Å². The summed E-state index contributed by atoms with van der Waals surface area (Å²) in [4.78, 5) is 17.8. The first kappa shape index (κ1) is 13.4. The van der Waals surface area contributed by atoms with Crippen molar-refractivity contribution in [1.82, 2.24) is 15.3 Å². The lowest BCUT2D eigenvalue weighted by Crippen LogP contribution is -2.47. The highest BCUT2D eigenvalue weighted by atomic mass is 32.1. The van der Waals surface area contributed by atoms with Crippen LogP contribution >= 0.6 is 11.3 Å². The summed E-state index contributed by atoms with van der Waals surface area (Å²) in [6.07, 6.45) is 0. The van der Waals surface area contributed by atoms with Crippen LogP contribution in [0.4, 0.5) is 0 Å². The monoisotopic (exact) mass is 270 g/mol. The van der Waals surface area contributed by atoms with Gasteiger partial charge in [-0.3, -0.25) is 15.1 Å². The van der Waals surface area contributed by atoms with Crippen molar-refractivity contribution in [2.24, 2.45) is 5.84 Å². The number of morpholine rings is 1. The molecule has 0 spiro atoms. The molecule has 0 bridgehead atoms. The van der Waals surface area contributed by atoms with E-state index in [1.807, 2.05) is 5.38 Å². The Morgan fingerprint density at radius 2 is 2.50 bits per heavy atom. The smallest absolute Gasteiger partial charge is 0.294 e. The summed E-state index contributed by atoms with van der Waals surface area (Å²) in [5.74, 6) is 4.73. The largest absolute Gasteiger partial charge is 0.373 e. The van der Waals surface area contributed by atoms with Crippen LogP contribution in [-0.2, 0) is 11.3 Å². The summed E-state index contributed by atoms with van der Waals surface area (Å²) in [5, 5.41) is 2.30. The average molecular weight is 270 g/mol. The molecular weight excluding hydrogens is 252 g/mol. The van der Waals surface area contributed by atoms with E-state index in [0.717, 1.165) is 31.9 Å². The average Bonchev–Trinajstić information content (AvgIpc) is 2.75. The molecule has 1 aromatic rings. The van der Waals surface area contributed by atoms with Crippen LogP contribution in [0, 0.1) is 0 Å². The van der Waals surface area contributed by atoms with E-state index in [4.69, 9.17) is 10.6 Å². The number of nitrogens with two attached hydrogens (primary N) is 1. The van der Waals surface area contributed by atoms with Gasteiger partial charge in [0.1, 0.15) is 0 Å². The van der Waals surface area contributed by atoms with E-state index < -0.39 is 0 Å². The fraction of sp³-hybridized carbons (Fsp3) is 0.636. The van der Waals surface area contributed by atoms with Crippen LogP contribution in [0.5, 0.6) is 0 Å². The van der Waals surface area contributed by atoms with Gasteiger partial charge in [0.05, 0.1) is 17.9 Å². The lowest BCUT2D eigenvalue weighted by molar-refractivity contribution is -0.0884. The van der Waals surface area contributed by atoms with E-state index in [9.17, 15) is 4.79 Å². The van der Waals surface area contributed by atoms with Crippen LogP contribution in [-0.4, -0.2) is 41.1 Å². The maximum atomic E-state index is 11.3. The molecule has 3 N–H and O–H groups in total. The first-order valence-electron chi connectivity index (χ1n) is 5.82. The van der Waals surface area contributed by atoms with E-state index in [1.165, 1.54) is 11.3 Å². The highest BCUT2D eigenvalue weighted by Gasteiger charge is 2.27. The standard InChI is InChI=1S/C11H18N4O2S/c1-11(2)7-15(3-4-17-11)5-8-6-18-10(13-8)9(16)14-12/h6H,3-5,7,12H2,1-2H3,(H,14,16). The van der Waals surface area contributed by atoms with Gasteiger partial charge in [-0.05, 0) is 13.8 Å². The Bertz CT molecular complexity index is 432. The lowest BCUT2D eigenvalue weighted by Gasteiger charge is -2.37. The molecule has 1 fully saturated rings. The van der Waals surface area contributed by atoms with E-state index in [2.05, 4.69) is 29.2 Å². The number of rotatable bonds is 3. The number of nitrogen functional groups attached to an aromatic ring is 1. The number of carbonyl (C=O) groups is 1. The van der Waals surface area contributed by atoms with Crippen molar-refractivity contribution in [2.45, 2.75) is 26.0 Å².